The summed E-state index contributed by atoms with van der Waals surface area (Å²) in [5.74, 6) is 0.516. The fourth-order valence-corrected chi connectivity index (χ4v) is 4.40. The lowest BCUT2D eigenvalue weighted by atomic mass is 10.0. The second-order valence-electron chi connectivity index (χ2n) is 8.65. The van der Waals surface area contributed by atoms with E-state index >= 15 is 0 Å². The molecule has 0 bridgehead atoms. The predicted octanol–water partition coefficient (Wildman–Crippen LogP) is 3.95. The van der Waals surface area contributed by atoms with Crippen LogP contribution in [0.15, 0.2) is 48.8 Å². The molecule has 0 aliphatic carbocycles. The SMILES string of the molecule is CC(C)(C)S(=O)(=O)Cc1cccc(Cc2nc(Nc3cccnc3)nc3c2COC3)c1. The van der Waals surface area contributed by atoms with E-state index in [2.05, 4.69) is 15.3 Å². The maximum absolute atomic E-state index is 12.6. The molecule has 0 radical (unpaired) electrons. The fourth-order valence-electron chi connectivity index (χ4n) is 3.34. The molecule has 31 heavy (non-hydrogen) atoms. The minimum atomic E-state index is -3.25. The number of sulfone groups is 1. The first-order chi connectivity index (χ1) is 14.7. The van der Waals surface area contributed by atoms with Crippen LogP contribution < -0.4 is 5.32 Å². The van der Waals surface area contributed by atoms with Gasteiger partial charge in [-0.15, -0.1) is 0 Å². The Kier molecular flexibility index (Phi) is 5.77. The zero-order valence-corrected chi connectivity index (χ0v) is 18.7. The Morgan fingerprint density at radius 2 is 1.87 bits per heavy atom. The highest BCUT2D eigenvalue weighted by Crippen LogP contribution is 2.26. The number of hydrogen-bond acceptors (Lipinski definition) is 7. The van der Waals surface area contributed by atoms with Gasteiger partial charge in [0.25, 0.3) is 0 Å². The summed E-state index contributed by atoms with van der Waals surface area (Å²) >= 11 is 0. The molecule has 162 valence electrons. The van der Waals surface area contributed by atoms with Crippen LogP contribution in [0.4, 0.5) is 11.6 Å². The normalized spacial score (nSPS) is 13.8. The summed E-state index contributed by atoms with van der Waals surface area (Å²) in [7, 11) is -3.25. The number of anilines is 2. The number of rotatable bonds is 6. The molecule has 1 aromatic carbocycles. The summed E-state index contributed by atoms with van der Waals surface area (Å²) in [5.41, 5.74) is 5.35. The van der Waals surface area contributed by atoms with Crippen LogP contribution in [0.25, 0.3) is 0 Å². The molecule has 8 heteroatoms. The van der Waals surface area contributed by atoms with Crippen molar-refractivity contribution in [3.05, 3.63) is 76.9 Å². The molecule has 4 rings (SSSR count). The van der Waals surface area contributed by atoms with Crippen molar-refractivity contribution in [2.24, 2.45) is 0 Å². The molecule has 0 spiro atoms. The Hall–Kier alpha value is -2.84. The van der Waals surface area contributed by atoms with Crippen LogP contribution in [0.5, 0.6) is 0 Å². The molecule has 0 amide bonds. The van der Waals surface area contributed by atoms with Crippen molar-refractivity contribution < 1.29 is 13.2 Å². The average Bonchev–Trinajstić information content (AvgIpc) is 3.17. The maximum atomic E-state index is 12.6. The van der Waals surface area contributed by atoms with Gasteiger partial charge in [-0.3, -0.25) is 4.98 Å². The largest absolute Gasteiger partial charge is 0.370 e. The van der Waals surface area contributed by atoms with Crippen molar-refractivity contribution in [1.82, 2.24) is 15.0 Å². The lowest BCUT2D eigenvalue weighted by Crippen LogP contribution is -2.29. The van der Waals surface area contributed by atoms with E-state index < -0.39 is 14.6 Å². The van der Waals surface area contributed by atoms with Crippen molar-refractivity contribution in [1.29, 1.82) is 0 Å². The molecule has 0 unspecified atom stereocenters. The van der Waals surface area contributed by atoms with E-state index in [1.807, 2.05) is 36.4 Å². The molecule has 0 atom stereocenters. The van der Waals surface area contributed by atoms with Crippen molar-refractivity contribution >= 4 is 21.5 Å². The summed E-state index contributed by atoms with van der Waals surface area (Å²) in [4.78, 5) is 13.4. The van der Waals surface area contributed by atoms with E-state index in [0.29, 0.717) is 25.6 Å². The summed E-state index contributed by atoms with van der Waals surface area (Å²) in [6.07, 6.45) is 3.99. The lowest BCUT2D eigenvalue weighted by molar-refractivity contribution is 0.133. The van der Waals surface area contributed by atoms with Crippen molar-refractivity contribution in [2.45, 2.75) is 50.9 Å². The van der Waals surface area contributed by atoms with Gasteiger partial charge in [-0.1, -0.05) is 24.3 Å². The van der Waals surface area contributed by atoms with E-state index in [1.54, 1.807) is 33.2 Å². The molecule has 0 fully saturated rings. The number of nitrogens with one attached hydrogen (secondary N) is 1. The quantitative estimate of drug-likeness (QED) is 0.623. The molecule has 1 N–H and O–H groups in total. The fraction of sp³-hybridized carbons (Fsp3) is 0.348. The zero-order valence-electron chi connectivity index (χ0n) is 17.9. The molecule has 1 aliphatic heterocycles. The first kappa shape index (κ1) is 21.4. The van der Waals surface area contributed by atoms with Crippen molar-refractivity contribution in [3.8, 4) is 0 Å². The number of benzene rings is 1. The van der Waals surface area contributed by atoms with Crippen LogP contribution in [-0.4, -0.2) is 28.1 Å². The van der Waals surface area contributed by atoms with Gasteiger partial charge < -0.3 is 10.1 Å². The number of fused-ring (bicyclic) bond motifs is 1. The Balaban J connectivity index is 1.61. The molecular formula is C23H26N4O3S. The van der Waals surface area contributed by atoms with Crippen LogP contribution in [0, 0.1) is 0 Å². The number of aromatic nitrogens is 3. The number of ether oxygens (including phenoxy) is 1. The molecule has 2 aromatic heterocycles. The van der Waals surface area contributed by atoms with Crippen LogP contribution in [0.1, 0.15) is 48.8 Å². The molecular weight excluding hydrogens is 412 g/mol. The number of pyridine rings is 1. The second kappa shape index (κ2) is 8.36. The smallest absolute Gasteiger partial charge is 0.227 e. The maximum Gasteiger partial charge on any atom is 0.227 e. The number of hydrogen-bond donors (Lipinski definition) is 1. The molecule has 7 nitrogen and oxygen atoms in total. The van der Waals surface area contributed by atoms with Gasteiger partial charge in [0.05, 0.1) is 47.0 Å². The summed E-state index contributed by atoms with van der Waals surface area (Å²) in [5, 5.41) is 3.20. The van der Waals surface area contributed by atoms with Gasteiger partial charge in [-0.05, 0) is 44.0 Å². The molecule has 3 aromatic rings. The Morgan fingerprint density at radius 1 is 1.06 bits per heavy atom. The van der Waals surface area contributed by atoms with Crippen LogP contribution in [0.3, 0.4) is 0 Å². The van der Waals surface area contributed by atoms with Gasteiger partial charge in [-0.2, -0.15) is 0 Å². The molecule has 1 aliphatic rings. The monoisotopic (exact) mass is 438 g/mol. The first-order valence-corrected chi connectivity index (χ1v) is 11.8. The topological polar surface area (TPSA) is 94.1 Å². The average molecular weight is 439 g/mol. The standard InChI is InChI=1S/C23H26N4O3S/c1-23(2,3)31(28,29)15-17-7-4-6-16(10-17)11-20-19-13-30-14-21(19)27-22(26-20)25-18-8-5-9-24-12-18/h4-10,12H,11,13-15H2,1-3H3,(H,25,26,27). The number of nitrogens with zero attached hydrogens (tertiary/aromatic N) is 3. The summed E-state index contributed by atoms with van der Waals surface area (Å²) in [6.45, 7) is 6.12. The van der Waals surface area contributed by atoms with E-state index in [-0.39, 0.29) is 5.75 Å². The third kappa shape index (κ3) is 4.91. The van der Waals surface area contributed by atoms with Gasteiger partial charge in [0, 0.05) is 18.2 Å². The van der Waals surface area contributed by atoms with Crippen LogP contribution in [-0.2, 0) is 40.0 Å². The van der Waals surface area contributed by atoms with E-state index in [0.717, 1.165) is 33.8 Å². The van der Waals surface area contributed by atoms with E-state index in [4.69, 9.17) is 9.72 Å². The highest BCUT2D eigenvalue weighted by molar-refractivity contribution is 7.91. The van der Waals surface area contributed by atoms with Crippen LogP contribution in [0.2, 0.25) is 0 Å². The Bertz CT molecular complexity index is 1190. The van der Waals surface area contributed by atoms with Gasteiger partial charge in [-0.25, -0.2) is 18.4 Å². The molecule has 3 heterocycles. The lowest BCUT2D eigenvalue weighted by Gasteiger charge is -2.19. The van der Waals surface area contributed by atoms with Gasteiger partial charge in [0.1, 0.15) is 0 Å². The minimum Gasteiger partial charge on any atom is -0.370 e. The summed E-state index contributed by atoms with van der Waals surface area (Å²) in [6, 6.07) is 11.4. The first-order valence-electron chi connectivity index (χ1n) is 10.1. The highest BCUT2D eigenvalue weighted by atomic mass is 32.2. The minimum absolute atomic E-state index is 0.0170. The Morgan fingerprint density at radius 3 is 2.61 bits per heavy atom. The van der Waals surface area contributed by atoms with Crippen LogP contribution >= 0.6 is 0 Å². The van der Waals surface area contributed by atoms with Gasteiger partial charge in [0.2, 0.25) is 5.95 Å². The predicted molar refractivity (Wildman–Crippen MR) is 120 cm³/mol. The van der Waals surface area contributed by atoms with E-state index in [1.165, 1.54) is 0 Å². The molecule has 0 saturated heterocycles. The van der Waals surface area contributed by atoms with Crippen molar-refractivity contribution in [3.63, 3.8) is 0 Å². The van der Waals surface area contributed by atoms with Crippen molar-refractivity contribution in [2.75, 3.05) is 5.32 Å². The Labute approximate surface area is 182 Å². The third-order valence-corrected chi connectivity index (χ3v) is 7.81. The second-order valence-corrected chi connectivity index (χ2v) is 11.4. The van der Waals surface area contributed by atoms with E-state index in [9.17, 15) is 8.42 Å². The molecule has 0 saturated carbocycles. The summed E-state index contributed by atoms with van der Waals surface area (Å²) < 4.78 is 30.0. The van der Waals surface area contributed by atoms with Gasteiger partial charge >= 0.3 is 0 Å². The third-order valence-electron chi connectivity index (χ3n) is 5.23. The highest BCUT2D eigenvalue weighted by Gasteiger charge is 2.29. The van der Waals surface area contributed by atoms with Gasteiger partial charge in [0.15, 0.2) is 9.84 Å². The zero-order chi connectivity index (χ0) is 22.1.